The van der Waals surface area contributed by atoms with E-state index in [9.17, 15) is 0 Å². The number of benzene rings is 1. The van der Waals surface area contributed by atoms with Crippen molar-refractivity contribution >= 4 is 5.57 Å². The molecule has 0 amide bonds. The molecule has 1 aromatic rings. The molecular weight excluding hydrogens is 228 g/mol. The zero-order valence-electron chi connectivity index (χ0n) is 12.8. The molecule has 0 spiro atoms. The Bertz CT molecular complexity index is 405. The summed E-state index contributed by atoms with van der Waals surface area (Å²) in [7, 11) is 0. The fourth-order valence-electron chi connectivity index (χ4n) is 2.63. The summed E-state index contributed by atoms with van der Waals surface area (Å²) in [6, 6.07) is 10.6. The quantitative estimate of drug-likeness (QED) is 0.381. The molecule has 19 heavy (non-hydrogen) atoms. The highest BCUT2D eigenvalue weighted by atomic mass is 14.3. The van der Waals surface area contributed by atoms with Crippen molar-refractivity contribution in [1.82, 2.24) is 0 Å². The van der Waals surface area contributed by atoms with Crippen LogP contribution in [0.2, 0.25) is 0 Å². The molecule has 0 radical (unpaired) electrons. The maximum absolute atomic E-state index is 3.90. The van der Waals surface area contributed by atoms with Crippen LogP contribution in [0.1, 0.15) is 64.9 Å². The van der Waals surface area contributed by atoms with Gasteiger partial charge in [-0.05, 0) is 17.4 Å². The fraction of sp³-hybridized carbons (Fsp3) is 0.526. The van der Waals surface area contributed by atoms with Crippen molar-refractivity contribution in [2.75, 3.05) is 0 Å². The van der Waals surface area contributed by atoms with E-state index in [1.165, 1.54) is 49.7 Å². The van der Waals surface area contributed by atoms with Crippen molar-refractivity contribution < 1.29 is 0 Å². The Morgan fingerprint density at radius 3 is 2.26 bits per heavy atom. The average molecular weight is 256 g/mol. The van der Waals surface area contributed by atoms with Crippen LogP contribution in [0, 0.1) is 5.41 Å². The molecule has 0 heteroatoms. The summed E-state index contributed by atoms with van der Waals surface area (Å²) in [5.74, 6) is 0. The maximum Gasteiger partial charge on any atom is 0.00621 e. The van der Waals surface area contributed by atoms with Crippen LogP contribution in [0.25, 0.3) is 5.57 Å². The molecule has 0 N–H and O–H groups in total. The Kier molecular flexibility index (Phi) is 6.67. The fourth-order valence-corrected chi connectivity index (χ4v) is 2.63. The average Bonchev–Trinajstić information content (AvgIpc) is 2.40. The zero-order valence-corrected chi connectivity index (χ0v) is 12.8. The number of rotatable bonds is 8. The molecule has 0 aromatic heterocycles. The SMILES string of the molecule is C=C=C(c1ccccc1)C(C)(C)CCCCCCC. The van der Waals surface area contributed by atoms with Crippen molar-refractivity contribution in [3.8, 4) is 0 Å². The largest absolute Gasteiger partial charge is 0.124 e. The Hall–Kier alpha value is -1.26. The first-order chi connectivity index (χ1) is 9.11. The smallest absolute Gasteiger partial charge is 0.00621 e. The van der Waals surface area contributed by atoms with Crippen molar-refractivity contribution in [1.29, 1.82) is 0 Å². The second-order valence-corrected chi connectivity index (χ2v) is 5.97. The molecular formula is C19H28. The first-order valence-electron chi connectivity index (χ1n) is 7.57. The third kappa shape index (κ3) is 5.09. The molecule has 0 nitrogen and oxygen atoms in total. The monoisotopic (exact) mass is 256 g/mol. The van der Waals surface area contributed by atoms with Gasteiger partial charge in [-0.1, -0.05) is 89.8 Å². The molecule has 1 aromatic carbocycles. The highest BCUT2D eigenvalue weighted by molar-refractivity contribution is 5.68. The Morgan fingerprint density at radius 1 is 1.05 bits per heavy atom. The lowest BCUT2D eigenvalue weighted by atomic mass is 9.77. The second kappa shape index (κ2) is 8.02. The molecule has 0 unspecified atom stereocenters. The van der Waals surface area contributed by atoms with Gasteiger partial charge in [0.25, 0.3) is 0 Å². The van der Waals surface area contributed by atoms with E-state index >= 15 is 0 Å². The van der Waals surface area contributed by atoms with Crippen molar-refractivity contribution in [3.05, 3.63) is 48.2 Å². The molecule has 0 bridgehead atoms. The second-order valence-electron chi connectivity index (χ2n) is 5.97. The van der Waals surface area contributed by atoms with Gasteiger partial charge in [0.1, 0.15) is 0 Å². The minimum atomic E-state index is 0.162. The molecule has 0 aliphatic rings. The van der Waals surface area contributed by atoms with Crippen molar-refractivity contribution in [3.63, 3.8) is 0 Å². The molecule has 0 saturated heterocycles. The number of hydrogen-bond acceptors (Lipinski definition) is 0. The van der Waals surface area contributed by atoms with Crippen LogP contribution in [0.3, 0.4) is 0 Å². The Labute approximate surface area is 119 Å². The number of unbranched alkanes of at least 4 members (excludes halogenated alkanes) is 4. The number of hydrogen-bond donors (Lipinski definition) is 0. The molecule has 0 atom stereocenters. The molecule has 1 rings (SSSR count). The molecule has 0 aliphatic heterocycles. The van der Waals surface area contributed by atoms with E-state index in [-0.39, 0.29) is 5.41 Å². The Morgan fingerprint density at radius 2 is 1.68 bits per heavy atom. The minimum absolute atomic E-state index is 0.162. The van der Waals surface area contributed by atoms with E-state index in [2.05, 4.69) is 63.4 Å². The van der Waals surface area contributed by atoms with Gasteiger partial charge in [0, 0.05) is 5.57 Å². The van der Waals surface area contributed by atoms with E-state index in [4.69, 9.17) is 0 Å². The van der Waals surface area contributed by atoms with Crippen molar-refractivity contribution in [2.24, 2.45) is 5.41 Å². The minimum Gasteiger partial charge on any atom is -0.124 e. The lowest BCUT2D eigenvalue weighted by molar-refractivity contribution is 0.424. The molecule has 0 heterocycles. The highest BCUT2D eigenvalue weighted by Gasteiger charge is 2.23. The van der Waals surface area contributed by atoms with Gasteiger partial charge >= 0.3 is 0 Å². The van der Waals surface area contributed by atoms with Gasteiger partial charge in [0.2, 0.25) is 0 Å². The molecule has 0 aliphatic carbocycles. The van der Waals surface area contributed by atoms with E-state index in [0.717, 1.165) is 0 Å². The van der Waals surface area contributed by atoms with Gasteiger partial charge in [-0.3, -0.25) is 0 Å². The topological polar surface area (TPSA) is 0 Å². The van der Waals surface area contributed by atoms with Crippen molar-refractivity contribution in [2.45, 2.75) is 59.3 Å². The normalized spacial score (nSPS) is 11.1. The lowest BCUT2D eigenvalue weighted by Gasteiger charge is -2.27. The van der Waals surface area contributed by atoms with Gasteiger partial charge in [0.15, 0.2) is 0 Å². The summed E-state index contributed by atoms with van der Waals surface area (Å²) in [5.41, 5.74) is 5.85. The van der Waals surface area contributed by atoms with E-state index in [1.54, 1.807) is 0 Å². The van der Waals surface area contributed by atoms with Gasteiger partial charge < -0.3 is 0 Å². The summed E-state index contributed by atoms with van der Waals surface area (Å²) >= 11 is 0. The van der Waals surface area contributed by atoms with Crippen LogP contribution in [0.15, 0.2) is 42.6 Å². The summed E-state index contributed by atoms with van der Waals surface area (Å²) in [6.07, 6.45) is 7.89. The predicted octanol–water partition coefficient (Wildman–Crippen LogP) is 6.24. The Balaban J connectivity index is 2.62. The standard InChI is InChI=1S/C19H28/c1-5-7-8-9-13-16-19(3,4)18(6-2)17-14-11-10-12-15-17/h10-12,14-15H,2,5,7-9,13,16H2,1,3-4H3. The van der Waals surface area contributed by atoms with E-state index in [1.807, 2.05) is 0 Å². The van der Waals surface area contributed by atoms with Crippen LogP contribution in [0.4, 0.5) is 0 Å². The van der Waals surface area contributed by atoms with E-state index < -0.39 is 0 Å². The summed E-state index contributed by atoms with van der Waals surface area (Å²) in [6.45, 7) is 10.8. The van der Waals surface area contributed by atoms with Crippen LogP contribution >= 0.6 is 0 Å². The van der Waals surface area contributed by atoms with Gasteiger partial charge in [0.05, 0.1) is 0 Å². The summed E-state index contributed by atoms with van der Waals surface area (Å²) in [4.78, 5) is 0. The molecule has 0 saturated carbocycles. The summed E-state index contributed by atoms with van der Waals surface area (Å²) in [5, 5.41) is 0. The highest BCUT2D eigenvalue weighted by Crippen LogP contribution is 2.38. The summed E-state index contributed by atoms with van der Waals surface area (Å²) < 4.78 is 0. The third-order valence-corrected chi connectivity index (χ3v) is 3.82. The van der Waals surface area contributed by atoms with Gasteiger partial charge in [-0.25, -0.2) is 0 Å². The first kappa shape index (κ1) is 15.8. The number of allylic oxidation sites excluding steroid dienone is 1. The molecule has 104 valence electrons. The van der Waals surface area contributed by atoms with Crippen LogP contribution in [-0.2, 0) is 0 Å². The first-order valence-corrected chi connectivity index (χ1v) is 7.57. The molecule has 0 fully saturated rings. The van der Waals surface area contributed by atoms with Crippen LogP contribution < -0.4 is 0 Å². The van der Waals surface area contributed by atoms with E-state index in [0.29, 0.717) is 0 Å². The van der Waals surface area contributed by atoms with Crippen LogP contribution in [0.5, 0.6) is 0 Å². The third-order valence-electron chi connectivity index (χ3n) is 3.82. The maximum atomic E-state index is 3.90. The van der Waals surface area contributed by atoms with Crippen LogP contribution in [-0.4, -0.2) is 0 Å². The predicted molar refractivity (Wildman–Crippen MR) is 86.1 cm³/mol. The van der Waals surface area contributed by atoms with Gasteiger partial charge in [-0.15, -0.1) is 5.73 Å². The zero-order chi connectivity index (χ0) is 14.1. The van der Waals surface area contributed by atoms with Gasteiger partial charge in [-0.2, -0.15) is 0 Å². The lowest BCUT2D eigenvalue weighted by Crippen LogP contribution is -2.13.